The van der Waals surface area contributed by atoms with Crippen LogP contribution < -0.4 is 11.1 Å². The third kappa shape index (κ3) is 15.7. The van der Waals surface area contributed by atoms with Crippen LogP contribution in [-0.2, 0) is 4.74 Å². The predicted octanol–water partition coefficient (Wildman–Crippen LogP) is 2.29. The summed E-state index contributed by atoms with van der Waals surface area (Å²) >= 11 is 0. The van der Waals surface area contributed by atoms with Crippen molar-refractivity contribution in [3.8, 4) is 0 Å². The van der Waals surface area contributed by atoms with Gasteiger partial charge in [0.2, 0.25) is 0 Å². The summed E-state index contributed by atoms with van der Waals surface area (Å²) in [6.07, 6.45) is 3.27. The molecule has 0 aromatic rings. The maximum Gasteiger partial charge on any atom is 0.188 e. The number of nitrogens with one attached hydrogen (secondary N) is 1. The second-order valence-corrected chi connectivity index (χ2v) is 3.90. The maximum atomic E-state index is 5.64. The molecule has 0 heterocycles. The number of aliphatic imine (C=N–C) groups is 1. The van der Waals surface area contributed by atoms with E-state index in [-0.39, 0.29) is 24.0 Å². The van der Waals surface area contributed by atoms with Gasteiger partial charge in [0.05, 0.1) is 6.54 Å². The molecule has 0 unspecified atom stereocenters. The smallest absolute Gasteiger partial charge is 0.188 e. The number of rotatable bonds is 9. The van der Waals surface area contributed by atoms with Crippen molar-refractivity contribution in [2.75, 3.05) is 26.3 Å². The average molecular weight is 355 g/mol. The number of hydrogen-bond donors (Lipinski definition) is 2. The van der Waals surface area contributed by atoms with Gasteiger partial charge in [-0.2, -0.15) is 0 Å². The van der Waals surface area contributed by atoms with Crippen molar-refractivity contribution < 1.29 is 4.74 Å². The fourth-order valence-electron chi connectivity index (χ4n) is 1.02. The zero-order valence-corrected chi connectivity index (χ0v) is 13.3. The highest BCUT2D eigenvalue weighted by atomic mass is 127. The van der Waals surface area contributed by atoms with E-state index in [2.05, 4.69) is 23.8 Å². The molecular weight excluding hydrogens is 329 g/mol. The Balaban J connectivity index is 0. The van der Waals surface area contributed by atoms with E-state index in [9.17, 15) is 0 Å². The summed E-state index contributed by atoms with van der Waals surface area (Å²) in [6.45, 7) is 10.9. The van der Waals surface area contributed by atoms with E-state index in [1.54, 1.807) is 0 Å². The lowest BCUT2D eigenvalue weighted by Gasteiger charge is -2.06. The Morgan fingerprint density at radius 3 is 2.59 bits per heavy atom. The van der Waals surface area contributed by atoms with Gasteiger partial charge >= 0.3 is 0 Å². The van der Waals surface area contributed by atoms with Crippen LogP contribution in [0.4, 0.5) is 0 Å². The summed E-state index contributed by atoms with van der Waals surface area (Å²) in [5.74, 6) is 0.483. The Bertz CT molecular complexity index is 220. The number of halogens is 1. The molecule has 0 bridgehead atoms. The Morgan fingerprint density at radius 2 is 2.00 bits per heavy atom. The van der Waals surface area contributed by atoms with Crippen LogP contribution in [0, 0.1) is 0 Å². The third-order valence-corrected chi connectivity index (χ3v) is 1.93. The summed E-state index contributed by atoms with van der Waals surface area (Å²) < 4.78 is 5.42. The topological polar surface area (TPSA) is 59.6 Å². The standard InChI is InChI=1S/C12H25N3O.HI/c1-4-5-8-16-9-6-7-14-12(13)15-10-11(2)3;/h2,4-10H2,1,3H3,(H3,13,14,15);1H. The minimum Gasteiger partial charge on any atom is -0.381 e. The fraction of sp³-hybridized carbons (Fsp3) is 0.750. The minimum atomic E-state index is 0. The van der Waals surface area contributed by atoms with Crippen LogP contribution >= 0.6 is 24.0 Å². The minimum absolute atomic E-state index is 0. The van der Waals surface area contributed by atoms with E-state index in [1.165, 1.54) is 6.42 Å². The molecule has 0 aliphatic carbocycles. The summed E-state index contributed by atoms with van der Waals surface area (Å²) in [4.78, 5) is 4.11. The second-order valence-electron chi connectivity index (χ2n) is 3.90. The first kappa shape index (κ1) is 19.0. The van der Waals surface area contributed by atoms with Gasteiger partial charge in [0.25, 0.3) is 0 Å². The van der Waals surface area contributed by atoms with E-state index < -0.39 is 0 Å². The molecule has 0 atom stereocenters. The molecule has 102 valence electrons. The lowest BCUT2D eigenvalue weighted by molar-refractivity contribution is 0.129. The van der Waals surface area contributed by atoms with Gasteiger partial charge in [0.1, 0.15) is 0 Å². The molecule has 3 N–H and O–H groups in total. The van der Waals surface area contributed by atoms with Crippen LogP contribution in [-0.4, -0.2) is 32.3 Å². The van der Waals surface area contributed by atoms with Gasteiger partial charge in [0, 0.05) is 19.8 Å². The van der Waals surface area contributed by atoms with Crippen LogP contribution in [0.3, 0.4) is 0 Å². The van der Waals surface area contributed by atoms with Crippen molar-refractivity contribution in [1.29, 1.82) is 0 Å². The summed E-state index contributed by atoms with van der Waals surface area (Å²) in [5.41, 5.74) is 6.65. The van der Waals surface area contributed by atoms with Crippen molar-refractivity contribution in [3.63, 3.8) is 0 Å². The molecule has 0 radical (unpaired) electrons. The molecule has 0 saturated heterocycles. The highest BCUT2D eigenvalue weighted by Crippen LogP contribution is 1.89. The highest BCUT2D eigenvalue weighted by molar-refractivity contribution is 14.0. The van der Waals surface area contributed by atoms with E-state index in [0.717, 1.165) is 38.2 Å². The van der Waals surface area contributed by atoms with Crippen molar-refractivity contribution in [1.82, 2.24) is 5.32 Å². The van der Waals surface area contributed by atoms with Crippen molar-refractivity contribution in [2.45, 2.75) is 33.1 Å². The van der Waals surface area contributed by atoms with Crippen molar-refractivity contribution >= 4 is 29.9 Å². The average Bonchev–Trinajstić information content (AvgIpc) is 2.25. The van der Waals surface area contributed by atoms with Gasteiger partial charge in [-0.1, -0.05) is 25.5 Å². The van der Waals surface area contributed by atoms with Crippen LogP contribution in [0.2, 0.25) is 0 Å². The summed E-state index contributed by atoms with van der Waals surface area (Å²) in [7, 11) is 0. The lowest BCUT2D eigenvalue weighted by Crippen LogP contribution is -2.33. The molecule has 0 amide bonds. The first-order valence-electron chi connectivity index (χ1n) is 5.92. The van der Waals surface area contributed by atoms with Crippen LogP contribution in [0.1, 0.15) is 33.1 Å². The summed E-state index contributed by atoms with van der Waals surface area (Å²) in [6, 6.07) is 0. The molecule has 0 saturated carbocycles. The molecule has 0 aromatic heterocycles. The predicted molar refractivity (Wildman–Crippen MR) is 85.1 cm³/mol. The summed E-state index contributed by atoms with van der Waals surface area (Å²) in [5, 5.41) is 3.04. The molecule has 0 spiro atoms. The van der Waals surface area contributed by atoms with Gasteiger partial charge < -0.3 is 15.8 Å². The number of ether oxygens (including phenoxy) is 1. The number of guanidine groups is 1. The normalized spacial score (nSPS) is 10.8. The quantitative estimate of drug-likeness (QED) is 0.219. The number of hydrogen-bond acceptors (Lipinski definition) is 2. The van der Waals surface area contributed by atoms with Crippen LogP contribution in [0.15, 0.2) is 17.1 Å². The zero-order valence-electron chi connectivity index (χ0n) is 11.0. The lowest BCUT2D eigenvalue weighted by atomic mass is 10.3. The SMILES string of the molecule is C=C(C)CN=C(N)NCCCOCCCC.I. The van der Waals surface area contributed by atoms with Gasteiger partial charge in [-0.05, 0) is 19.8 Å². The molecule has 5 heteroatoms. The van der Waals surface area contributed by atoms with E-state index in [0.29, 0.717) is 12.5 Å². The number of nitrogens with two attached hydrogens (primary N) is 1. The van der Waals surface area contributed by atoms with E-state index in [1.807, 2.05) is 6.92 Å². The maximum absolute atomic E-state index is 5.64. The second kappa shape index (κ2) is 13.8. The van der Waals surface area contributed by atoms with Crippen LogP contribution in [0.25, 0.3) is 0 Å². The molecule has 0 aliphatic rings. The van der Waals surface area contributed by atoms with Crippen molar-refractivity contribution in [3.05, 3.63) is 12.2 Å². The van der Waals surface area contributed by atoms with Gasteiger partial charge in [-0.25, -0.2) is 4.99 Å². The zero-order chi connectivity index (χ0) is 12.2. The first-order valence-corrected chi connectivity index (χ1v) is 5.92. The van der Waals surface area contributed by atoms with E-state index >= 15 is 0 Å². The Morgan fingerprint density at radius 1 is 1.35 bits per heavy atom. The third-order valence-electron chi connectivity index (χ3n) is 1.93. The fourth-order valence-corrected chi connectivity index (χ4v) is 1.02. The highest BCUT2D eigenvalue weighted by Gasteiger charge is 1.92. The molecule has 0 fully saturated rings. The van der Waals surface area contributed by atoms with E-state index in [4.69, 9.17) is 10.5 Å². The van der Waals surface area contributed by atoms with Crippen molar-refractivity contribution in [2.24, 2.45) is 10.7 Å². The Hall–Kier alpha value is -0.300. The van der Waals surface area contributed by atoms with Crippen LogP contribution in [0.5, 0.6) is 0 Å². The molecule has 4 nitrogen and oxygen atoms in total. The number of nitrogens with zero attached hydrogens (tertiary/aromatic N) is 1. The first-order chi connectivity index (χ1) is 7.66. The Labute approximate surface area is 122 Å². The molecule has 17 heavy (non-hydrogen) atoms. The molecule has 0 aliphatic heterocycles. The molecular formula is C12H26IN3O. The number of unbranched alkanes of at least 4 members (excludes halogenated alkanes) is 1. The molecule has 0 rings (SSSR count). The van der Waals surface area contributed by atoms with Gasteiger partial charge in [0.15, 0.2) is 5.96 Å². The largest absolute Gasteiger partial charge is 0.381 e. The Kier molecular flexibility index (Phi) is 15.4. The van der Waals surface area contributed by atoms with Gasteiger partial charge in [-0.3, -0.25) is 0 Å². The van der Waals surface area contributed by atoms with Gasteiger partial charge in [-0.15, -0.1) is 24.0 Å². The monoisotopic (exact) mass is 355 g/mol. The molecule has 0 aromatic carbocycles.